The van der Waals surface area contributed by atoms with Gasteiger partial charge in [0.2, 0.25) is 6.41 Å². The number of carbonyl (C=O) groups excluding carboxylic acids is 1. The molecule has 2 aliphatic heterocycles. The Balaban J connectivity index is 1.61. The van der Waals surface area contributed by atoms with Crippen molar-refractivity contribution in [3.8, 4) is 11.1 Å². The molecule has 2 aromatic carbocycles. The van der Waals surface area contributed by atoms with Crippen molar-refractivity contribution in [2.24, 2.45) is 0 Å². The molecular weight excluding hydrogens is 408 g/mol. The summed E-state index contributed by atoms with van der Waals surface area (Å²) in [5.41, 5.74) is 12.9. The Morgan fingerprint density at radius 3 is 2.81 bits per heavy atom. The highest BCUT2D eigenvalue weighted by Gasteiger charge is 2.28. The van der Waals surface area contributed by atoms with Gasteiger partial charge in [0, 0.05) is 30.8 Å². The van der Waals surface area contributed by atoms with E-state index in [9.17, 15) is 4.79 Å². The molecule has 2 aliphatic rings. The lowest BCUT2D eigenvalue weighted by molar-refractivity contribution is -0.118. The van der Waals surface area contributed by atoms with E-state index < -0.39 is 0 Å². The van der Waals surface area contributed by atoms with Crippen LogP contribution in [0.15, 0.2) is 42.5 Å². The van der Waals surface area contributed by atoms with Crippen molar-refractivity contribution in [1.29, 1.82) is 0 Å². The number of carbonyl (C=O) groups is 1. The van der Waals surface area contributed by atoms with Gasteiger partial charge in [0.25, 0.3) is 0 Å². The molecule has 2 fully saturated rings. The van der Waals surface area contributed by atoms with Crippen molar-refractivity contribution >= 4 is 40.6 Å². The number of rotatable bonds is 4. The first kappa shape index (κ1) is 20.2. The highest BCUT2D eigenvalue weighted by atomic mass is 32.2. The summed E-state index contributed by atoms with van der Waals surface area (Å²) in [5, 5.41) is 1.12. The fourth-order valence-corrected chi connectivity index (χ4v) is 5.81. The molecule has 0 spiro atoms. The quantitative estimate of drug-likeness (QED) is 0.629. The van der Waals surface area contributed by atoms with E-state index in [1.54, 1.807) is 0 Å². The number of pyridine rings is 1. The second-order valence-corrected chi connectivity index (χ2v) is 9.19. The van der Waals surface area contributed by atoms with E-state index in [1.165, 1.54) is 16.7 Å². The second kappa shape index (κ2) is 8.40. The standard InChI is InChI=1S/C24H26N4O2S/c1-16-3-2-4-19(24-28(15-29)9-12-31-24)22(16)17-5-6-20-18(13-17)14-21(23(25)26-20)27-7-10-30-11-8-27/h2-6,13-15,24H,7-12H2,1H3,(H2,25,26). The van der Waals surface area contributed by atoms with Crippen LogP contribution in [0.2, 0.25) is 0 Å². The Labute approximate surface area is 186 Å². The molecule has 2 N–H and O–H groups in total. The van der Waals surface area contributed by atoms with E-state index in [0.29, 0.717) is 19.0 Å². The van der Waals surface area contributed by atoms with Gasteiger partial charge in [-0.1, -0.05) is 24.3 Å². The minimum atomic E-state index is 0.0524. The number of ether oxygens (including phenoxy) is 1. The number of fused-ring (bicyclic) bond motifs is 1. The summed E-state index contributed by atoms with van der Waals surface area (Å²) in [6.07, 6.45) is 0.971. The topological polar surface area (TPSA) is 71.7 Å². The van der Waals surface area contributed by atoms with Crippen LogP contribution in [0.25, 0.3) is 22.0 Å². The maximum absolute atomic E-state index is 11.6. The van der Waals surface area contributed by atoms with Gasteiger partial charge in [0.05, 0.1) is 24.4 Å². The lowest BCUT2D eigenvalue weighted by Gasteiger charge is -2.29. The normalized spacial score (nSPS) is 19.2. The van der Waals surface area contributed by atoms with Crippen LogP contribution in [0.3, 0.4) is 0 Å². The summed E-state index contributed by atoms with van der Waals surface area (Å²) >= 11 is 1.82. The van der Waals surface area contributed by atoms with E-state index >= 15 is 0 Å². The first-order valence-corrected chi connectivity index (χ1v) is 11.7. The highest BCUT2D eigenvalue weighted by molar-refractivity contribution is 7.99. The number of nitrogen functional groups attached to an aromatic ring is 1. The predicted octanol–water partition coefficient (Wildman–Crippen LogP) is 3.83. The third kappa shape index (κ3) is 3.72. The Kier molecular flexibility index (Phi) is 5.46. The van der Waals surface area contributed by atoms with Crippen LogP contribution in [0.1, 0.15) is 16.5 Å². The average molecular weight is 435 g/mol. The van der Waals surface area contributed by atoms with Crippen LogP contribution in [0.4, 0.5) is 11.5 Å². The first-order chi connectivity index (χ1) is 15.2. The maximum Gasteiger partial charge on any atom is 0.210 e. The number of aryl methyl sites for hydroxylation is 1. The maximum atomic E-state index is 11.6. The second-order valence-electron chi connectivity index (χ2n) is 8.01. The molecule has 6 nitrogen and oxygen atoms in total. The van der Waals surface area contributed by atoms with Crippen molar-refractivity contribution < 1.29 is 9.53 Å². The van der Waals surface area contributed by atoms with Crippen molar-refractivity contribution in [1.82, 2.24) is 9.88 Å². The monoisotopic (exact) mass is 434 g/mol. The number of nitrogens with two attached hydrogens (primary N) is 1. The minimum absolute atomic E-state index is 0.0524. The highest BCUT2D eigenvalue weighted by Crippen LogP contribution is 2.43. The molecule has 160 valence electrons. The number of amides is 1. The van der Waals surface area contributed by atoms with Gasteiger partial charge >= 0.3 is 0 Å². The van der Waals surface area contributed by atoms with Crippen molar-refractivity contribution in [2.45, 2.75) is 12.3 Å². The largest absolute Gasteiger partial charge is 0.382 e. The van der Waals surface area contributed by atoms with Crippen LogP contribution in [0, 0.1) is 6.92 Å². The Hall–Kier alpha value is -2.77. The van der Waals surface area contributed by atoms with Crippen molar-refractivity contribution in [2.75, 3.05) is 49.2 Å². The minimum Gasteiger partial charge on any atom is -0.382 e. The molecule has 1 aromatic heterocycles. The zero-order valence-electron chi connectivity index (χ0n) is 17.6. The average Bonchev–Trinajstić information content (AvgIpc) is 3.27. The van der Waals surface area contributed by atoms with Gasteiger partial charge in [-0.15, -0.1) is 11.8 Å². The summed E-state index contributed by atoms with van der Waals surface area (Å²) in [5.74, 6) is 1.52. The fourth-order valence-electron chi connectivity index (χ4n) is 4.54. The number of anilines is 2. The third-order valence-corrected chi connectivity index (χ3v) is 7.36. The number of aromatic nitrogens is 1. The van der Waals surface area contributed by atoms with E-state index in [0.717, 1.165) is 54.0 Å². The molecule has 5 rings (SSSR count). The van der Waals surface area contributed by atoms with E-state index in [-0.39, 0.29) is 5.37 Å². The Morgan fingerprint density at radius 1 is 1.16 bits per heavy atom. The van der Waals surface area contributed by atoms with Crippen molar-refractivity contribution in [3.05, 3.63) is 53.6 Å². The first-order valence-electron chi connectivity index (χ1n) is 10.6. The zero-order chi connectivity index (χ0) is 21.4. The lowest BCUT2D eigenvalue weighted by Crippen LogP contribution is -2.36. The molecule has 3 aromatic rings. The van der Waals surface area contributed by atoms with Gasteiger partial charge in [0.1, 0.15) is 11.2 Å². The molecule has 0 bridgehead atoms. The van der Waals surface area contributed by atoms with E-state index in [1.807, 2.05) is 22.7 Å². The van der Waals surface area contributed by atoms with Gasteiger partial charge in [-0.2, -0.15) is 0 Å². The van der Waals surface area contributed by atoms with Crippen LogP contribution in [-0.4, -0.2) is 54.9 Å². The SMILES string of the molecule is Cc1cccc(C2SCCN2C=O)c1-c1ccc2nc(N)c(N3CCOCC3)cc2c1. The smallest absolute Gasteiger partial charge is 0.210 e. The lowest BCUT2D eigenvalue weighted by atomic mass is 9.93. The predicted molar refractivity (Wildman–Crippen MR) is 127 cm³/mol. The summed E-state index contributed by atoms with van der Waals surface area (Å²) in [4.78, 5) is 20.4. The summed E-state index contributed by atoms with van der Waals surface area (Å²) in [6, 6.07) is 14.9. The zero-order valence-corrected chi connectivity index (χ0v) is 18.4. The number of hydrogen-bond donors (Lipinski definition) is 1. The molecule has 3 heterocycles. The molecule has 0 aliphatic carbocycles. The molecule has 1 amide bonds. The van der Waals surface area contributed by atoms with Gasteiger partial charge in [0.15, 0.2) is 0 Å². The van der Waals surface area contributed by atoms with Gasteiger partial charge in [-0.3, -0.25) is 4.79 Å². The van der Waals surface area contributed by atoms with Crippen molar-refractivity contribution in [3.63, 3.8) is 0 Å². The number of benzene rings is 2. The molecular formula is C24H26N4O2S. The molecule has 7 heteroatoms. The number of hydrogen-bond acceptors (Lipinski definition) is 6. The Bertz CT molecular complexity index is 1130. The number of nitrogens with zero attached hydrogens (tertiary/aromatic N) is 3. The van der Waals surface area contributed by atoms with Crippen LogP contribution >= 0.6 is 11.8 Å². The summed E-state index contributed by atoms with van der Waals surface area (Å²) in [6.45, 7) is 5.97. The molecule has 0 radical (unpaired) electrons. The van der Waals surface area contributed by atoms with Gasteiger partial charge < -0.3 is 20.3 Å². The summed E-state index contributed by atoms with van der Waals surface area (Å²) < 4.78 is 5.48. The molecule has 31 heavy (non-hydrogen) atoms. The van der Waals surface area contributed by atoms with E-state index in [4.69, 9.17) is 10.5 Å². The molecule has 1 unspecified atom stereocenters. The van der Waals surface area contributed by atoms with Crippen LogP contribution < -0.4 is 10.6 Å². The molecule has 1 atom stereocenters. The molecule has 2 saturated heterocycles. The van der Waals surface area contributed by atoms with Crippen LogP contribution in [-0.2, 0) is 9.53 Å². The van der Waals surface area contributed by atoms with Gasteiger partial charge in [-0.25, -0.2) is 4.98 Å². The third-order valence-electron chi connectivity index (χ3n) is 6.10. The Morgan fingerprint density at radius 2 is 2.00 bits per heavy atom. The van der Waals surface area contributed by atoms with Gasteiger partial charge in [-0.05, 0) is 47.4 Å². The van der Waals surface area contributed by atoms with Crippen LogP contribution in [0.5, 0.6) is 0 Å². The molecule has 0 saturated carbocycles. The summed E-state index contributed by atoms with van der Waals surface area (Å²) in [7, 11) is 0. The van der Waals surface area contributed by atoms with E-state index in [2.05, 4.69) is 53.2 Å². The number of morpholine rings is 1. The number of thioether (sulfide) groups is 1. The fraction of sp³-hybridized carbons (Fsp3) is 0.333.